The van der Waals surface area contributed by atoms with Crippen LogP contribution in [0.2, 0.25) is 10.0 Å². The number of ether oxygens (including phenoxy) is 1. The van der Waals surface area contributed by atoms with Gasteiger partial charge in [-0.05, 0) is 70.1 Å². The topological polar surface area (TPSA) is 63.6 Å². The fourth-order valence-electron chi connectivity index (χ4n) is 3.81. The number of hydrogen-bond donors (Lipinski definition) is 1. The first kappa shape index (κ1) is 22.9. The van der Waals surface area contributed by atoms with E-state index < -0.39 is 15.9 Å². The monoisotopic (exact) mass is 488 g/mol. The lowest BCUT2D eigenvalue weighted by atomic mass is 10.1. The third-order valence-corrected chi connectivity index (χ3v) is 6.54. The summed E-state index contributed by atoms with van der Waals surface area (Å²) >= 11 is 12.2. The maximum atomic E-state index is 11.4. The predicted molar refractivity (Wildman–Crippen MR) is 129 cm³/mol. The minimum absolute atomic E-state index is 0.0263. The molecule has 166 valence electrons. The molecule has 0 heterocycles. The molecule has 0 amide bonds. The van der Waals surface area contributed by atoms with Gasteiger partial charge in [-0.3, -0.25) is 0 Å². The first-order valence-electron chi connectivity index (χ1n) is 10.0. The van der Waals surface area contributed by atoms with Crippen molar-refractivity contribution in [1.29, 1.82) is 0 Å². The number of hydrogen-bond acceptors (Lipinski definition) is 4. The fraction of sp³-hybridized carbons (Fsp3) is 0.200. The molecule has 1 atom stereocenters. The lowest BCUT2D eigenvalue weighted by Crippen LogP contribution is -2.01. The van der Waals surface area contributed by atoms with Crippen LogP contribution in [-0.4, -0.2) is 19.8 Å². The summed E-state index contributed by atoms with van der Waals surface area (Å²) < 4.78 is 28.7. The smallest absolute Gasteiger partial charge is 0.151 e. The Bertz CT molecular complexity index is 1260. The molecule has 1 unspecified atom stereocenters. The fourth-order valence-corrected chi connectivity index (χ4v) is 5.15. The molecule has 0 radical (unpaired) electrons. The molecule has 0 bridgehead atoms. The Balaban J connectivity index is 1.44. The quantitative estimate of drug-likeness (QED) is 0.476. The number of halogens is 2. The predicted octanol–water partition coefficient (Wildman–Crippen LogP) is 5.79. The Morgan fingerprint density at radius 3 is 2.31 bits per heavy atom. The summed E-state index contributed by atoms with van der Waals surface area (Å²) in [5.74, 6) is 0.738. The molecule has 7 heteroatoms. The van der Waals surface area contributed by atoms with Gasteiger partial charge in [0.1, 0.15) is 18.5 Å². The zero-order chi connectivity index (χ0) is 22.9. The van der Waals surface area contributed by atoms with E-state index in [1.54, 1.807) is 18.2 Å². The van der Waals surface area contributed by atoms with Crippen LogP contribution in [0.3, 0.4) is 0 Å². The van der Waals surface area contributed by atoms with Crippen LogP contribution >= 0.6 is 23.2 Å². The van der Waals surface area contributed by atoms with Crippen LogP contribution in [0.15, 0.2) is 66.2 Å². The summed E-state index contributed by atoms with van der Waals surface area (Å²) in [5.41, 5.74) is 5.29. The number of aliphatic hydroxyl groups excluding tert-OH is 1. The first-order valence-corrected chi connectivity index (χ1v) is 12.8. The molecule has 3 aromatic carbocycles. The van der Waals surface area contributed by atoms with E-state index in [1.165, 1.54) is 6.26 Å². The lowest BCUT2D eigenvalue weighted by molar-refractivity contribution is 0.222. The Morgan fingerprint density at radius 1 is 1.00 bits per heavy atom. The molecular formula is C25H22Cl2O4S. The molecule has 1 aliphatic carbocycles. The standard InChI is InChI=1S/C25H22Cl2O4S/c1-32(29,30)15-17-4-2-16(3-5-17)14-31-23-6-7-24-19(12-23)11-20(25(24)28)8-18-9-21(26)13-22(27)10-18/h2-10,12-13,25,28H,11,14-15H2,1H3/b20-8+. The normalized spacial score (nSPS) is 16.9. The maximum absolute atomic E-state index is 11.4. The summed E-state index contributed by atoms with van der Waals surface area (Å²) in [6.45, 7) is 0.365. The van der Waals surface area contributed by atoms with Crippen LogP contribution in [0.5, 0.6) is 5.75 Å². The van der Waals surface area contributed by atoms with Gasteiger partial charge in [0.25, 0.3) is 0 Å². The first-order chi connectivity index (χ1) is 15.2. The number of fused-ring (bicyclic) bond motifs is 1. The Labute approximate surface area is 198 Å². The second kappa shape index (κ2) is 9.28. The highest BCUT2D eigenvalue weighted by molar-refractivity contribution is 7.89. The summed E-state index contributed by atoms with van der Waals surface area (Å²) in [6, 6.07) is 18.3. The van der Waals surface area contributed by atoms with Gasteiger partial charge in [0.2, 0.25) is 0 Å². The van der Waals surface area contributed by atoms with Crippen molar-refractivity contribution >= 4 is 39.1 Å². The minimum Gasteiger partial charge on any atom is -0.489 e. The average molecular weight is 489 g/mol. The lowest BCUT2D eigenvalue weighted by Gasteiger charge is -2.10. The SMILES string of the molecule is CS(=O)(=O)Cc1ccc(COc2ccc3c(c2)C/C(=C\c2cc(Cl)cc(Cl)c2)C3O)cc1. The number of sulfone groups is 1. The van der Waals surface area contributed by atoms with E-state index in [4.69, 9.17) is 27.9 Å². The van der Waals surface area contributed by atoms with Crippen molar-refractivity contribution in [2.24, 2.45) is 0 Å². The number of aliphatic hydroxyl groups is 1. The highest BCUT2D eigenvalue weighted by Crippen LogP contribution is 2.39. The van der Waals surface area contributed by atoms with Gasteiger partial charge in [0, 0.05) is 16.3 Å². The van der Waals surface area contributed by atoms with Crippen molar-refractivity contribution in [1.82, 2.24) is 0 Å². The molecule has 0 aromatic heterocycles. The second-order valence-corrected chi connectivity index (χ2v) is 11.1. The zero-order valence-electron chi connectivity index (χ0n) is 17.4. The van der Waals surface area contributed by atoms with E-state index in [1.807, 2.05) is 48.5 Å². The van der Waals surface area contributed by atoms with Crippen LogP contribution < -0.4 is 4.74 Å². The molecule has 0 aliphatic heterocycles. The third-order valence-electron chi connectivity index (χ3n) is 5.25. The van der Waals surface area contributed by atoms with Gasteiger partial charge in [-0.2, -0.15) is 0 Å². The van der Waals surface area contributed by atoms with Crippen LogP contribution in [0.1, 0.15) is 33.9 Å². The molecule has 4 nitrogen and oxygen atoms in total. The van der Waals surface area contributed by atoms with Gasteiger partial charge in [0.15, 0.2) is 9.84 Å². The number of rotatable bonds is 6. The van der Waals surface area contributed by atoms with Crippen LogP contribution in [0.25, 0.3) is 6.08 Å². The molecule has 0 saturated carbocycles. The molecular weight excluding hydrogens is 467 g/mol. The summed E-state index contributed by atoms with van der Waals surface area (Å²) in [7, 11) is -3.05. The van der Waals surface area contributed by atoms with Crippen molar-refractivity contribution in [2.45, 2.75) is 24.9 Å². The molecule has 0 fully saturated rings. The van der Waals surface area contributed by atoms with E-state index in [0.29, 0.717) is 28.8 Å². The third kappa shape index (κ3) is 5.73. The summed E-state index contributed by atoms with van der Waals surface area (Å²) in [5, 5.41) is 11.8. The minimum atomic E-state index is -3.05. The molecule has 1 N–H and O–H groups in total. The van der Waals surface area contributed by atoms with Crippen molar-refractivity contribution in [3.8, 4) is 5.75 Å². The molecule has 3 aromatic rings. The highest BCUT2D eigenvalue weighted by atomic mass is 35.5. The van der Waals surface area contributed by atoms with Gasteiger partial charge >= 0.3 is 0 Å². The van der Waals surface area contributed by atoms with Gasteiger partial charge in [-0.1, -0.05) is 59.6 Å². The van der Waals surface area contributed by atoms with Crippen molar-refractivity contribution in [2.75, 3.05) is 6.26 Å². The van der Waals surface area contributed by atoms with Gasteiger partial charge in [-0.15, -0.1) is 0 Å². The highest BCUT2D eigenvalue weighted by Gasteiger charge is 2.25. The van der Waals surface area contributed by atoms with Crippen LogP contribution in [0, 0.1) is 0 Å². The zero-order valence-corrected chi connectivity index (χ0v) is 19.7. The Hall–Kier alpha value is -2.31. The molecule has 0 spiro atoms. The van der Waals surface area contributed by atoms with E-state index in [0.717, 1.165) is 33.4 Å². The second-order valence-electron chi connectivity index (χ2n) is 8.04. The summed E-state index contributed by atoms with van der Waals surface area (Å²) in [4.78, 5) is 0. The van der Waals surface area contributed by atoms with E-state index in [2.05, 4.69) is 0 Å². The van der Waals surface area contributed by atoms with Crippen molar-refractivity contribution < 1.29 is 18.3 Å². The van der Waals surface area contributed by atoms with Gasteiger partial charge in [-0.25, -0.2) is 8.42 Å². The largest absolute Gasteiger partial charge is 0.489 e. The molecule has 1 aliphatic rings. The van der Waals surface area contributed by atoms with Crippen molar-refractivity contribution in [3.63, 3.8) is 0 Å². The average Bonchev–Trinajstić information content (AvgIpc) is 3.00. The summed E-state index contributed by atoms with van der Waals surface area (Å²) in [6.07, 6.45) is 3.07. The molecule has 0 saturated heterocycles. The van der Waals surface area contributed by atoms with Crippen LogP contribution in [0.4, 0.5) is 0 Å². The van der Waals surface area contributed by atoms with E-state index in [9.17, 15) is 13.5 Å². The Morgan fingerprint density at radius 2 is 1.66 bits per heavy atom. The number of benzene rings is 3. The van der Waals surface area contributed by atoms with Gasteiger partial charge < -0.3 is 9.84 Å². The Kier molecular flexibility index (Phi) is 6.63. The van der Waals surface area contributed by atoms with Crippen LogP contribution in [-0.2, 0) is 28.6 Å². The van der Waals surface area contributed by atoms with Gasteiger partial charge in [0.05, 0.1) is 5.75 Å². The molecule has 4 rings (SSSR count). The van der Waals surface area contributed by atoms with E-state index >= 15 is 0 Å². The van der Waals surface area contributed by atoms with E-state index in [-0.39, 0.29) is 5.75 Å². The van der Waals surface area contributed by atoms with Crippen molar-refractivity contribution in [3.05, 3.63) is 104 Å². The maximum Gasteiger partial charge on any atom is 0.151 e. The molecule has 32 heavy (non-hydrogen) atoms.